The van der Waals surface area contributed by atoms with Gasteiger partial charge >= 0.3 is 5.97 Å². The zero-order chi connectivity index (χ0) is 8.69. The standard InChI is InChI=1S/C9H16O2/c1-4-6-9(7-5-2)11-8(3)10/h4,6,9H,5,7H2,1-3H3. The summed E-state index contributed by atoms with van der Waals surface area (Å²) in [5.74, 6) is -0.207. The van der Waals surface area contributed by atoms with Gasteiger partial charge in [-0.05, 0) is 19.4 Å². The van der Waals surface area contributed by atoms with Gasteiger partial charge in [0, 0.05) is 6.92 Å². The van der Waals surface area contributed by atoms with Gasteiger partial charge in [0.05, 0.1) is 0 Å². The summed E-state index contributed by atoms with van der Waals surface area (Å²) in [6.45, 7) is 5.43. The van der Waals surface area contributed by atoms with Crippen molar-refractivity contribution >= 4 is 5.97 Å². The van der Waals surface area contributed by atoms with Crippen molar-refractivity contribution in [2.24, 2.45) is 0 Å². The van der Waals surface area contributed by atoms with Crippen LogP contribution in [0.4, 0.5) is 0 Å². The number of carbonyl (C=O) groups is 1. The van der Waals surface area contributed by atoms with Crippen molar-refractivity contribution in [2.45, 2.75) is 39.7 Å². The van der Waals surface area contributed by atoms with Crippen LogP contribution in [0.5, 0.6) is 0 Å². The Bertz CT molecular complexity index is 138. The van der Waals surface area contributed by atoms with Crippen LogP contribution in [-0.4, -0.2) is 12.1 Å². The van der Waals surface area contributed by atoms with Gasteiger partial charge in [-0.2, -0.15) is 0 Å². The first-order chi connectivity index (χ1) is 5.20. The topological polar surface area (TPSA) is 26.3 Å². The molecule has 0 aliphatic heterocycles. The van der Waals surface area contributed by atoms with Crippen LogP contribution in [-0.2, 0) is 9.53 Å². The van der Waals surface area contributed by atoms with Gasteiger partial charge in [-0.25, -0.2) is 0 Å². The Morgan fingerprint density at radius 3 is 2.64 bits per heavy atom. The molecule has 2 heteroatoms. The van der Waals surface area contributed by atoms with E-state index in [2.05, 4.69) is 6.92 Å². The van der Waals surface area contributed by atoms with Crippen molar-refractivity contribution < 1.29 is 9.53 Å². The molecule has 0 aromatic rings. The molecule has 0 amide bonds. The molecule has 0 N–H and O–H groups in total. The molecule has 0 spiro atoms. The van der Waals surface area contributed by atoms with Crippen molar-refractivity contribution in [1.29, 1.82) is 0 Å². The fourth-order valence-electron chi connectivity index (χ4n) is 0.907. The Morgan fingerprint density at radius 2 is 2.27 bits per heavy atom. The van der Waals surface area contributed by atoms with E-state index < -0.39 is 0 Å². The molecule has 0 saturated carbocycles. The summed E-state index contributed by atoms with van der Waals surface area (Å²) in [4.78, 5) is 10.5. The molecule has 0 radical (unpaired) electrons. The Labute approximate surface area is 68.2 Å². The van der Waals surface area contributed by atoms with Crippen LogP contribution >= 0.6 is 0 Å². The molecule has 1 unspecified atom stereocenters. The molecule has 0 aromatic heterocycles. The SMILES string of the molecule is CC=CC(CCC)OC(C)=O. The van der Waals surface area contributed by atoms with Gasteiger partial charge in [-0.15, -0.1) is 0 Å². The van der Waals surface area contributed by atoms with Gasteiger partial charge in [0.1, 0.15) is 6.10 Å². The summed E-state index contributed by atoms with van der Waals surface area (Å²) < 4.78 is 5.01. The third-order valence-corrected chi connectivity index (χ3v) is 1.30. The highest BCUT2D eigenvalue weighted by Gasteiger charge is 2.04. The third-order valence-electron chi connectivity index (χ3n) is 1.30. The van der Waals surface area contributed by atoms with Crippen LogP contribution in [0, 0.1) is 0 Å². The van der Waals surface area contributed by atoms with E-state index >= 15 is 0 Å². The Balaban J connectivity index is 3.78. The average Bonchev–Trinajstić information content (AvgIpc) is 1.87. The number of esters is 1. The van der Waals surface area contributed by atoms with Gasteiger partial charge in [0.15, 0.2) is 0 Å². The van der Waals surface area contributed by atoms with Crippen molar-refractivity contribution in [1.82, 2.24) is 0 Å². The number of hydrogen-bond donors (Lipinski definition) is 0. The predicted molar refractivity (Wildman–Crippen MR) is 45.3 cm³/mol. The lowest BCUT2D eigenvalue weighted by molar-refractivity contribution is -0.144. The molecule has 0 rings (SSSR count). The highest BCUT2D eigenvalue weighted by Crippen LogP contribution is 2.03. The van der Waals surface area contributed by atoms with E-state index in [-0.39, 0.29) is 12.1 Å². The van der Waals surface area contributed by atoms with E-state index in [0.29, 0.717) is 0 Å². The van der Waals surface area contributed by atoms with Crippen LogP contribution in [0.25, 0.3) is 0 Å². The average molecular weight is 156 g/mol. The number of carbonyl (C=O) groups excluding carboxylic acids is 1. The van der Waals surface area contributed by atoms with Crippen LogP contribution < -0.4 is 0 Å². The van der Waals surface area contributed by atoms with Crippen LogP contribution in [0.3, 0.4) is 0 Å². The Hall–Kier alpha value is -0.790. The zero-order valence-electron chi connectivity index (χ0n) is 7.46. The highest BCUT2D eigenvalue weighted by atomic mass is 16.5. The van der Waals surface area contributed by atoms with Crippen molar-refractivity contribution in [3.05, 3.63) is 12.2 Å². The smallest absolute Gasteiger partial charge is 0.303 e. The third kappa shape index (κ3) is 5.64. The second-order valence-electron chi connectivity index (χ2n) is 2.46. The van der Waals surface area contributed by atoms with Gasteiger partial charge in [-0.1, -0.05) is 19.4 Å². The lowest BCUT2D eigenvalue weighted by Gasteiger charge is -2.10. The predicted octanol–water partition coefficient (Wildman–Crippen LogP) is 2.29. The quantitative estimate of drug-likeness (QED) is 0.461. The minimum atomic E-state index is -0.207. The van der Waals surface area contributed by atoms with E-state index in [9.17, 15) is 4.79 Å². The lowest BCUT2D eigenvalue weighted by Crippen LogP contribution is -2.12. The van der Waals surface area contributed by atoms with Crippen molar-refractivity contribution in [3.8, 4) is 0 Å². The Kier molecular flexibility index (Phi) is 5.53. The highest BCUT2D eigenvalue weighted by molar-refractivity contribution is 5.66. The maximum atomic E-state index is 10.5. The first kappa shape index (κ1) is 10.2. The molecule has 0 aromatic carbocycles. The molecule has 0 fully saturated rings. The second kappa shape index (κ2) is 5.96. The number of allylic oxidation sites excluding steroid dienone is 1. The normalized spacial score (nSPS) is 13.4. The van der Waals surface area contributed by atoms with E-state index in [1.807, 2.05) is 19.1 Å². The molecular formula is C9H16O2. The molecular weight excluding hydrogens is 140 g/mol. The van der Waals surface area contributed by atoms with E-state index in [1.165, 1.54) is 6.92 Å². The Morgan fingerprint density at radius 1 is 1.64 bits per heavy atom. The molecule has 1 atom stereocenters. The molecule has 0 saturated heterocycles. The second-order valence-corrected chi connectivity index (χ2v) is 2.46. The molecule has 0 aliphatic rings. The zero-order valence-corrected chi connectivity index (χ0v) is 7.46. The van der Waals surface area contributed by atoms with Gasteiger partial charge in [0.25, 0.3) is 0 Å². The maximum Gasteiger partial charge on any atom is 0.303 e. The molecule has 0 heterocycles. The summed E-state index contributed by atoms with van der Waals surface area (Å²) in [5.41, 5.74) is 0. The molecule has 0 bridgehead atoms. The lowest BCUT2D eigenvalue weighted by atomic mass is 10.2. The van der Waals surface area contributed by atoms with Gasteiger partial charge in [-0.3, -0.25) is 4.79 Å². The molecule has 11 heavy (non-hydrogen) atoms. The van der Waals surface area contributed by atoms with Crippen molar-refractivity contribution in [2.75, 3.05) is 0 Å². The van der Waals surface area contributed by atoms with Gasteiger partial charge < -0.3 is 4.74 Å². The summed E-state index contributed by atoms with van der Waals surface area (Å²) >= 11 is 0. The first-order valence-corrected chi connectivity index (χ1v) is 4.00. The van der Waals surface area contributed by atoms with E-state index in [4.69, 9.17) is 4.74 Å². The number of rotatable bonds is 4. The van der Waals surface area contributed by atoms with Crippen LogP contribution in [0.15, 0.2) is 12.2 Å². The van der Waals surface area contributed by atoms with Crippen molar-refractivity contribution in [3.63, 3.8) is 0 Å². The maximum absolute atomic E-state index is 10.5. The fourth-order valence-corrected chi connectivity index (χ4v) is 0.907. The summed E-state index contributed by atoms with van der Waals surface area (Å²) in [5, 5.41) is 0. The van der Waals surface area contributed by atoms with E-state index in [1.54, 1.807) is 0 Å². The van der Waals surface area contributed by atoms with Crippen LogP contribution in [0.2, 0.25) is 0 Å². The minimum Gasteiger partial charge on any atom is -0.458 e. The van der Waals surface area contributed by atoms with Gasteiger partial charge in [0.2, 0.25) is 0 Å². The fraction of sp³-hybridized carbons (Fsp3) is 0.667. The monoisotopic (exact) mass is 156 g/mol. The molecule has 2 nitrogen and oxygen atoms in total. The number of ether oxygens (including phenoxy) is 1. The van der Waals surface area contributed by atoms with E-state index in [0.717, 1.165) is 12.8 Å². The number of hydrogen-bond acceptors (Lipinski definition) is 2. The summed E-state index contributed by atoms with van der Waals surface area (Å²) in [6.07, 6.45) is 5.72. The summed E-state index contributed by atoms with van der Waals surface area (Å²) in [7, 11) is 0. The van der Waals surface area contributed by atoms with Crippen LogP contribution in [0.1, 0.15) is 33.6 Å². The molecule has 64 valence electrons. The summed E-state index contributed by atoms with van der Waals surface area (Å²) in [6, 6.07) is 0. The molecule has 0 aliphatic carbocycles. The largest absolute Gasteiger partial charge is 0.458 e. The minimum absolute atomic E-state index is 0.0255. The first-order valence-electron chi connectivity index (χ1n) is 4.00.